The summed E-state index contributed by atoms with van der Waals surface area (Å²) in [6.07, 6.45) is 4.27. The molecule has 0 bridgehead atoms. The summed E-state index contributed by atoms with van der Waals surface area (Å²) in [5, 5.41) is 4.87. The van der Waals surface area contributed by atoms with E-state index in [-0.39, 0.29) is 17.5 Å². The number of hydrogen-bond acceptors (Lipinski definition) is 5. The maximum atomic E-state index is 13.0. The second-order valence-corrected chi connectivity index (χ2v) is 9.78. The van der Waals surface area contributed by atoms with E-state index in [1.165, 1.54) is 31.8 Å². The molecule has 0 spiro atoms. The summed E-state index contributed by atoms with van der Waals surface area (Å²) in [5.74, 6) is -0.174. The van der Waals surface area contributed by atoms with Gasteiger partial charge in [-0.2, -0.15) is 8.42 Å². The van der Waals surface area contributed by atoms with Gasteiger partial charge in [0.05, 0.1) is 12.0 Å². The first-order valence-electron chi connectivity index (χ1n) is 9.37. The number of benzene rings is 1. The van der Waals surface area contributed by atoms with Crippen LogP contribution in [0.3, 0.4) is 0 Å². The molecule has 0 atom stereocenters. The molecular formula is C20H22N4O3S2. The average Bonchev–Trinajstić information content (AvgIpc) is 3.42. The van der Waals surface area contributed by atoms with Crippen molar-refractivity contribution < 1.29 is 13.2 Å². The van der Waals surface area contributed by atoms with E-state index in [0.29, 0.717) is 25.2 Å². The molecule has 9 heteroatoms. The highest BCUT2D eigenvalue weighted by atomic mass is 32.2. The first-order valence-corrected chi connectivity index (χ1v) is 11.7. The third kappa shape index (κ3) is 4.06. The summed E-state index contributed by atoms with van der Waals surface area (Å²) in [6.45, 7) is 3.03. The Labute approximate surface area is 174 Å². The van der Waals surface area contributed by atoms with Gasteiger partial charge in [-0.15, -0.1) is 11.3 Å². The number of thiophene rings is 1. The van der Waals surface area contributed by atoms with Crippen molar-refractivity contribution in [2.24, 2.45) is 0 Å². The normalized spacial score (nSPS) is 13.5. The summed E-state index contributed by atoms with van der Waals surface area (Å²) in [6, 6.07) is 9.54. The molecule has 0 saturated heterocycles. The lowest BCUT2D eigenvalue weighted by atomic mass is 10.2. The number of sulfonamides is 1. The number of fused-ring (bicyclic) bond motifs is 1. The van der Waals surface area contributed by atoms with Crippen molar-refractivity contribution in [3.63, 3.8) is 0 Å². The zero-order valence-electron chi connectivity index (χ0n) is 16.0. The molecule has 3 heterocycles. The highest BCUT2D eigenvalue weighted by Crippen LogP contribution is 2.32. The van der Waals surface area contributed by atoms with Crippen LogP contribution in [0, 0.1) is 6.92 Å². The molecule has 7 nitrogen and oxygen atoms in total. The van der Waals surface area contributed by atoms with Gasteiger partial charge in [0, 0.05) is 24.2 Å². The van der Waals surface area contributed by atoms with Crippen molar-refractivity contribution in [1.29, 1.82) is 0 Å². The lowest BCUT2D eigenvalue weighted by molar-refractivity contribution is -0.121. The number of para-hydroxylation sites is 1. The predicted molar refractivity (Wildman–Crippen MR) is 113 cm³/mol. The Bertz CT molecular complexity index is 1130. The van der Waals surface area contributed by atoms with E-state index >= 15 is 0 Å². The Balaban J connectivity index is 1.38. The maximum absolute atomic E-state index is 13.0. The number of carbonyl (C=O) groups excluding carboxylic acids is 1. The number of aryl methyl sites for hydroxylation is 1. The second-order valence-electron chi connectivity index (χ2n) is 6.97. The lowest BCUT2D eigenvalue weighted by Crippen LogP contribution is -2.30. The molecular weight excluding hydrogens is 408 g/mol. The molecule has 0 radical (unpaired) electrons. The SMILES string of the molecule is Cc1ccsc1CCNC(=O)Cn1cnc(S(=O)(=O)N2CCc3ccccc32)c1. The summed E-state index contributed by atoms with van der Waals surface area (Å²) in [4.78, 5) is 17.5. The van der Waals surface area contributed by atoms with Crippen molar-refractivity contribution in [1.82, 2.24) is 14.9 Å². The highest BCUT2D eigenvalue weighted by molar-refractivity contribution is 7.92. The number of imidazole rings is 1. The lowest BCUT2D eigenvalue weighted by Gasteiger charge is -2.17. The molecule has 0 aliphatic carbocycles. The molecule has 1 aromatic carbocycles. The van der Waals surface area contributed by atoms with E-state index in [4.69, 9.17) is 0 Å². The van der Waals surface area contributed by atoms with Crippen molar-refractivity contribution in [3.8, 4) is 0 Å². The largest absolute Gasteiger partial charge is 0.354 e. The van der Waals surface area contributed by atoms with E-state index in [1.54, 1.807) is 17.4 Å². The van der Waals surface area contributed by atoms with Crippen LogP contribution < -0.4 is 9.62 Å². The fourth-order valence-corrected chi connectivity index (χ4v) is 5.78. The van der Waals surface area contributed by atoms with Crippen LogP contribution in [0.25, 0.3) is 0 Å². The Morgan fingerprint density at radius 1 is 1.28 bits per heavy atom. The average molecular weight is 431 g/mol. The molecule has 2 aromatic heterocycles. The molecule has 1 amide bonds. The van der Waals surface area contributed by atoms with E-state index in [2.05, 4.69) is 23.3 Å². The van der Waals surface area contributed by atoms with E-state index in [9.17, 15) is 13.2 Å². The van der Waals surface area contributed by atoms with Crippen LogP contribution in [0.15, 0.2) is 53.3 Å². The highest BCUT2D eigenvalue weighted by Gasteiger charge is 2.32. The second kappa shape index (κ2) is 8.00. The first kappa shape index (κ1) is 19.7. The minimum Gasteiger partial charge on any atom is -0.354 e. The van der Waals surface area contributed by atoms with Gasteiger partial charge in [-0.25, -0.2) is 4.98 Å². The summed E-state index contributed by atoms with van der Waals surface area (Å²) < 4.78 is 28.9. The number of carbonyl (C=O) groups is 1. The number of amides is 1. The van der Waals surface area contributed by atoms with Gasteiger partial charge in [-0.1, -0.05) is 18.2 Å². The molecule has 0 saturated carbocycles. The van der Waals surface area contributed by atoms with Gasteiger partial charge < -0.3 is 9.88 Å². The van der Waals surface area contributed by atoms with Crippen LogP contribution in [-0.2, 0) is 34.2 Å². The van der Waals surface area contributed by atoms with E-state index in [0.717, 1.165) is 12.0 Å². The Morgan fingerprint density at radius 3 is 2.90 bits per heavy atom. The topological polar surface area (TPSA) is 84.3 Å². The summed E-state index contributed by atoms with van der Waals surface area (Å²) in [5.41, 5.74) is 2.94. The van der Waals surface area contributed by atoms with E-state index < -0.39 is 10.0 Å². The van der Waals surface area contributed by atoms with Crippen LogP contribution in [-0.4, -0.2) is 37.0 Å². The number of nitrogens with zero attached hydrogens (tertiary/aromatic N) is 3. The van der Waals surface area contributed by atoms with Gasteiger partial charge in [0.15, 0.2) is 5.03 Å². The molecule has 152 valence electrons. The Kier molecular flexibility index (Phi) is 5.42. The number of anilines is 1. The molecule has 0 unspecified atom stereocenters. The smallest absolute Gasteiger partial charge is 0.283 e. The standard InChI is InChI=1S/C20H22N4O3S2/c1-15-8-11-28-18(15)6-9-21-19(25)12-23-13-20(22-14-23)29(26,27)24-10-7-16-4-2-3-5-17(16)24/h2-5,8,11,13-14H,6-7,9-10,12H2,1H3,(H,21,25). The summed E-state index contributed by atoms with van der Waals surface area (Å²) in [7, 11) is -3.75. The monoisotopic (exact) mass is 430 g/mol. The van der Waals surface area contributed by atoms with Gasteiger partial charge in [0.1, 0.15) is 6.54 Å². The van der Waals surface area contributed by atoms with Gasteiger partial charge in [-0.3, -0.25) is 9.10 Å². The summed E-state index contributed by atoms with van der Waals surface area (Å²) >= 11 is 1.68. The molecule has 29 heavy (non-hydrogen) atoms. The molecule has 1 aliphatic heterocycles. The Morgan fingerprint density at radius 2 is 2.10 bits per heavy atom. The molecule has 0 fully saturated rings. The maximum Gasteiger partial charge on any atom is 0.283 e. The molecule has 4 rings (SSSR count). The van der Waals surface area contributed by atoms with Gasteiger partial charge >= 0.3 is 0 Å². The fourth-order valence-electron chi connectivity index (χ4n) is 3.43. The van der Waals surface area contributed by atoms with Crippen molar-refractivity contribution in [2.45, 2.75) is 31.3 Å². The number of hydrogen-bond donors (Lipinski definition) is 1. The molecule has 3 aromatic rings. The van der Waals surface area contributed by atoms with Crippen LogP contribution in [0.1, 0.15) is 16.0 Å². The van der Waals surface area contributed by atoms with Crippen molar-refractivity contribution in [2.75, 3.05) is 17.4 Å². The molecule has 1 aliphatic rings. The fraction of sp³-hybridized carbons (Fsp3) is 0.300. The zero-order valence-corrected chi connectivity index (χ0v) is 17.7. The third-order valence-corrected chi connectivity index (χ3v) is 7.76. The van der Waals surface area contributed by atoms with Gasteiger partial charge in [-0.05, 0) is 48.4 Å². The Hall–Kier alpha value is -2.65. The third-order valence-electron chi connectivity index (χ3n) is 4.98. The predicted octanol–water partition coefficient (Wildman–Crippen LogP) is 2.36. The van der Waals surface area contributed by atoms with Crippen LogP contribution >= 0.6 is 11.3 Å². The van der Waals surface area contributed by atoms with Crippen LogP contribution in [0.2, 0.25) is 0 Å². The van der Waals surface area contributed by atoms with Crippen LogP contribution in [0.4, 0.5) is 5.69 Å². The number of nitrogens with one attached hydrogen (secondary N) is 1. The van der Waals surface area contributed by atoms with Crippen molar-refractivity contribution >= 4 is 33.0 Å². The molecule has 1 N–H and O–H groups in total. The van der Waals surface area contributed by atoms with Gasteiger partial charge in [0.2, 0.25) is 5.91 Å². The minimum atomic E-state index is -3.75. The van der Waals surface area contributed by atoms with Crippen molar-refractivity contribution in [3.05, 3.63) is 64.2 Å². The van der Waals surface area contributed by atoms with Crippen LogP contribution in [0.5, 0.6) is 0 Å². The quantitative estimate of drug-likeness (QED) is 0.624. The number of aromatic nitrogens is 2. The van der Waals surface area contributed by atoms with Gasteiger partial charge in [0.25, 0.3) is 10.0 Å². The number of rotatable bonds is 7. The zero-order chi connectivity index (χ0) is 20.4. The van der Waals surface area contributed by atoms with E-state index in [1.807, 2.05) is 23.6 Å². The first-order chi connectivity index (χ1) is 13.9. The minimum absolute atomic E-state index is 0.0303.